The number of anilines is 1. The average molecular weight is 444 g/mol. The van der Waals surface area contributed by atoms with Gasteiger partial charge in [-0.05, 0) is 55.2 Å². The molecule has 31 heavy (non-hydrogen) atoms. The number of nitrogens with one attached hydrogen (secondary N) is 2. The SMILES string of the molecule is Cc1ccc(NC(=O)N2CCC(C)(C(=O)NCc3ccc4c(c3)OCO4)CC2)c(Cl)c1. The number of hydrogen-bond donors (Lipinski definition) is 2. The Morgan fingerprint density at radius 3 is 2.58 bits per heavy atom. The van der Waals surface area contributed by atoms with Crippen molar-refractivity contribution in [3.8, 4) is 11.5 Å². The number of nitrogens with zero attached hydrogens (tertiary/aromatic N) is 1. The number of fused-ring (bicyclic) bond motifs is 1. The minimum absolute atomic E-state index is 0.00759. The maximum Gasteiger partial charge on any atom is 0.321 e. The van der Waals surface area contributed by atoms with Crippen molar-refractivity contribution in [3.63, 3.8) is 0 Å². The third-order valence-corrected chi connectivity index (χ3v) is 6.27. The smallest absolute Gasteiger partial charge is 0.321 e. The van der Waals surface area contributed by atoms with Crippen LogP contribution in [0.25, 0.3) is 0 Å². The number of piperidine rings is 1. The molecular weight excluding hydrogens is 418 g/mol. The second-order valence-corrected chi connectivity index (χ2v) is 8.74. The first kappa shape index (κ1) is 21.3. The molecule has 2 N–H and O–H groups in total. The summed E-state index contributed by atoms with van der Waals surface area (Å²) in [6.45, 7) is 5.55. The van der Waals surface area contributed by atoms with Crippen LogP contribution < -0.4 is 20.1 Å². The number of amides is 3. The third-order valence-electron chi connectivity index (χ3n) is 5.96. The van der Waals surface area contributed by atoms with Crippen LogP contribution in [0.5, 0.6) is 11.5 Å². The predicted molar refractivity (Wildman–Crippen MR) is 119 cm³/mol. The number of ether oxygens (including phenoxy) is 2. The van der Waals surface area contributed by atoms with E-state index in [0.29, 0.717) is 48.9 Å². The van der Waals surface area contributed by atoms with E-state index in [1.54, 1.807) is 11.0 Å². The van der Waals surface area contributed by atoms with Gasteiger partial charge in [-0.3, -0.25) is 4.79 Å². The monoisotopic (exact) mass is 443 g/mol. The number of halogens is 1. The zero-order valence-corrected chi connectivity index (χ0v) is 18.4. The van der Waals surface area contributed by atoms with Crippen LogP contribution in [0.2, 0.25) is 5.02 Å². The molecule has 1 saturated heterocycles. The number of rotatable bonds is 4. The van der Waals surface area contributed by atoms with Crippen LogP contribution in [0.3, 0.4) is 0 Å². The van der Waals surface area contributed by atoms with Crippen LogP contribution in [0.1, 0.15) is 30.9 Å². The van der Waals surface area contributed by atoms with E-state index in [-0.39, 0.29) is 18.7 Å². The van der Waals surface area contributed by atoms with Gasteiger partial charge in [0.15, 0.2) is 11.5 Å². The Labute approximate surface area is 186 Å². The van der Waals surface area contributed by atoms with Crippen LogP contribution in [-0.4, -0.2) is 36.7 Å². The van der Waals surface area contributed by atoms with Crippen molar-refractivity contribution in [3.05, 3.63) is 52.5 Å². The van der Waals surface area contributed by atoms with Gasteiger partial charge < -0.3 is 25.0 Å². The van der Waals surface area contributed by atoms with Gasteiger partial charge in [0.25, 0.3) is 0 Å². The van der Waals surface area contributed by atoms with Crippen molar-refractivity contribution < 1.29 is 19.1 Å². The fraction of sp³-hybridized carbons (Fsp3) is 0.391. The summed E-state index contributed by atoms with van der Waals surface area (Å²) in [6, 6.07) is 11.0. The van der Waals surface area contributed by atoms with Gasteiger partial charge in [0.2, 0.25) is 12.7 Å². The number of carbonyl (C=O) groups is 2. The first-order valence-corrected chi connectivity index (χ1v) is 10.7. The minimum atomic E-state index is -0.519. The number of benzene rings is 2. The van der Waals surface area contributed by atoms with Gasteiger partial charge in [0.05, 0.1) is 10.7 Å². The lowest BCUT2D eigenvalue weighted by Crippen LogP contribution is -2.49. The fourth-order valence-corrected chi connectivity index (χ4v) is 4.08. The molecule has 4 rings (SSSR count). The molecule has 2 heterocycles. The summed E-state index contributed by atoms with van der Waals surface area (Å²) >= 11 is 6.21. The van der Waals surface area contributed by atoms with Crippen LogP contribution >= 0.6 is 11.6 Å². The molecule has 0 bridgehead atoms. The first-order chi connectivity index (χ1) is 14.8. The minimum Gasteiger partial charge on any atom is -0.454 e. The lowest BCUT2D eigenvalue weighted by Gasteiger charge is -2.38. The molecule has 3 amide bonds. The second-order valence-electron chi connectivity index (χ2n) is 8.33. The van der Waals surface area contributed by atoms with Gasteiger partial charge in [-0.1, -0.05) is 30.7 Å². The zero-order chi connectivity index (χ0) is 22.0. The summed E-state index contributed by atoms with van der Waals surface area (Å²) in [5, 5.41) is 6.40. The van der Waals surface area contributed by atoms with Crippen LogP contribution in [-0.2, 0) is 11.3 Å². The molecule has 1 fully saturated rings. The van der Waals surface area contributed by atoms with Crippen LogP contribution in [0, 0.1) is 12.3 Å². The predicted octanol–water partition coefficient (Wildman–Crippen LogP) is 4.33. The molecule has 2 aliphatic rings. The number of carbonyl (C=O) groups excluding carboxylic acids is 2. The highest BCUT2D eigenvalue weighted by molar-refractivity contribution is 6.33. The van der Waals surface area contributed by atoms with Gasteiger partial charge in [-0.2, -0.15) is 0 Å². The van der Waals surface area contributed by atoms with Crippen molar-refractivity contribution >= 4 is 29.2 Å². The summed E-state index contributed by atoms with van der Waals surface area (Å²) in [4.78, 5) is 27.2. The highest BCUT2D eigenvalue weighted by Crippen LogP contribution is 2.34. The third kappa shape index (κ3) is 4.71. The Bertz CT molecular complexity index is 1000. The van der Waals surface area contributed by atoms with Crippen molar-refractivity contribution in [1.29, 1.82) is 0 Å². The van der Waals surface area contributed by atoms with E-state index in [1.807, 2.05) is 44.2 Å². The summed E-state index contributed by atoms with van der Waals surface area (Å²) in [7, 11) is 0. The van der Waals surface area contributed by atoms with E-state index in [9.17, 15) is 9.59 Å². The zero-order valence-electron chi connectivity index (χ0n) is 17.7. The van der Waals surface area contributed by atoms with Gasteiger partial charge in [-0.25, -0.2) is 4.79 Å². The maximum absolute atomic E-state index is 12.9. The first-order valence-electron chi connectivity index (χ1n) is 10.3. The van der Waals surface area contributed by atoms with E-state index in [2.05, 4.69) is 10.6 Å². The quantitative estimate of drug-likeness (QED) is 0.737. The molecule has 0 saturated carbocycles. The van der Waals surface area contributed by atoms with Gasteiger partial charge in [0, 0.05) is 25.0 Å². The number of urea groups is 1. The lowest BCUT2D eigenvalue weighted by atomic mass is 9.79. The summed E-state index contributed by atoms with van der Waals surface area (Å²) < 4.78 is 10.7. The molecule has 2 aromatic rings. The molecule has 164 valence electrons. The van der Waals surface area contributed by atoms with E-state index in [1.165, 1.54) is 0 Å². The van der Waals surface area contributed by atoms with E-state index < -0.39 is 5.41 Å². The van der Waals surface area contributed by atoms with E-state index >= 15 is 0 Å². The normalized spacial score (nSPS) is 16.7. The van der Waals surface area contributed by atoms with Crippen molar-refractivity contribution in [2.75, 3.05) is 25.2 Å². The van der Waals surface area contributed by atoms with Crippen LogP contribution in [0.4, 0.5) is 10.5 Å². The standard InChI is InChI=1S/C23H26ClN3O4/c1-15-3-5-18(17(24)11-15)26-22(29)27-9-7-23(2,8-10-27)21(28)25-13-16-4-6-19-20(12-16)31-14-30-19/h3-6,11-12H,7-10,13-14H2,1-2H3,(H,25,28)(H,26,29). The largest absolute Gasteiger partial charge is 0.454 e. The van der Waals surface area contributed by atoms with Gasteiger partial charge >= 0.3 is 6.03 Å². The van der Waals surface area contributed by atoms with Crippen LogP contribution in [0.15, 0.2) is 36.4 Å². The highest BCUT2D eigenvalue weighted by atomic mass is 35.5. The summed E-state index contributed by atoms with van der Waals surface area (Å²) in [5.74, 6) is 1.41. The highest BCUT2D eigenvalue weighted by Gasteiger charge is 2.38. The molecule has 0 spiro atoms. The average Bonchev–Trinajstić information content (AvgIpc) is 3.22. The Morgan fingerprint density at radius 2 is 1.84 bits per heavy atom. The molecule has 2 aliphatic heterocycles. The maximum atomic E-state index is 12.9. The van der Waals surface area contributed by atoms with Crippen molar-refractivity contribution in [1.82, 2.24) is 10.2 Å². The number of hydrogen-bond acceptors (Lipinski definition) is 4. The molecule has 7 nitrogen and oxygen atoms in total. The molecule has 0 unspecified atom stereocenters. The molecule has 8 heteroatoms. The Kier molecular flexibility index (Phi) is 5.96. The summed E-state index contributed by atoms with van der Waals surface area (Å²) in [5.41, 5.74) is 2.05. The Morgan fingerprint density at radius 1 is 1.10 bits per heavy atom. The van der Waals surface area contributed by atoms with Gasteiger partial charge in [0.1, 0.15) is 0 Å². The topological polar surface area (TPSA) is 79.9 Å². The van der Waals surface area contributed by atoms with E-state index in [0.717, 1.165) is 16.9 Å². The second kappa shape index (κ2) is 8.67. The Hall–Kier alpha value is -2.93. The Balaban J connectivity index is 1.29. The van der Waals surface area contributed by atoms with Gasteiger partial charge in [-0.15, -0.1) is 0 Å². The van der Waals surface area contributed by atoms with E-state index in [4.69, 9.17) is 21.1 Å². The summed E-state index contributed by atoms with van der Waals surface area (Å²) in [6.07, 6.45) is 1.18. The van der Waals surface area contributed by atoms with Crippen molar-refractivity contribution in [2.24, 2.45) is 5.41 Å². The molecular formula is C23H26ClN3O4. The molecule has 0 radical (unpaired) electrons. The fourth-order valence-electron chi connectivity index (χ4n) is 3.79. The molecule has 0 aliphatic carbocycles. The molecule has 0 atom stereocenters. The molecule has 2 aromatic carbocycles. The number of aryl methyl sites for hydroxylation is 1. The van der Waals surface area contributed by atoms with Crippen molar-refractivity contribution in [2.45, 2.75) is 33.2 Å². The lowest BCUT2D eigenvalue weighted by molar-refractivity contribution is -0.132. The molecule has 0 aromatic heterocycles. The number of likely N-dealkylation sites (tertiary alicyclic amines) is 1.